The third-order valence-electron chi connectivity index (χ3n) is 3.56. The summed E-state index contributed by atoms with van der Waals surface area (Å²) >= 11 is 0. The van der Waals surface area contributed by atoms with E-state index >= 15 is 0 Å². The zero-order chi connectivity index (χ0) is 9.19. The first-order chi connectivity index (χ1) is 5.55. The molecule has 1 nitrogen and oxygen atoms in total. The Morgan fingerprint density at radius 1 is 1.33 bits per heavy atom. The van der Waals surface area contributed by atoms with Gasteiger partial charge in [-0.15, -0.1) is 0 Å². The molecule has 12 heavy (non-hydrogen) atoms. The van der Waals surface area contributed by atoms with Crippen molar-refractivity contribution in [1.29, 1.82) is 0 Å². The van der Waals surface area contributed by atoms with Crippen molar-refractivity contribution in [2.24, 2.45) is 23.0 Å². The molecule has 1 fully saturated rings. The maximum Gasteiger partial charge on any atom is -0.00489 e. The van der Waals surface area contributed by atoms with E-state index in [2.05, 4.69) is 20.8 Å². The van der Waals surface area contributed by atoms with Gasteiger partial charge in [0.25, 0.3) is 0 Å². The summed E-state index contributed by atoms with van der Waals surface area (Å²) in [7, 11) is 0. The lowest BCUT2D eigenvalue weighted by Gasteiger charge is -2.36. The molecule has 0 aromatic rings. The van der Waals surface area contributed by atoms with Crippen molar-refractivity contribution >= 4 is 0 Å². The van der Waals surface area contributed by atoms with E-state index in [1.165, 1.54) is 25.7 Å². The molecule has 1 heteroatoms. The Morgan fingerprint density at radius 3 is 2.25 bits per heavy atom. The molecule has 0 aromatic heterocycles. The van der Waals surface area contributed by atoms with E-state index in [1.807, 2.05) is 0 Å². The van der Waals surface area contributed by atoms with Crippen molar-refractivity contribution in [2.45, 2.75) is 46.5 Å². The highest BCUT2D eigenvalue weighted by atomic mass is 14.6. The summed E-state index contributed by atoms with van der Waals surface area (Å²) in [6.45, 7) is 7.93. The van der Waals surface area contributed by atoms with E-state index in [4.69, 9.17) is 5.73 Å². The lowest BCUT2D eigenvalue weighted by molar-refractivity contribution is 0.157. The zero-order valence-electron chi connectivity index (χ0n) is 8.77. The molecule has 1 aliphatic rings. The molecule has 0 spiro atoms. The smallest absolute Gasteiger partial charge is 0.00489 e. The fraction of sp³-hybridized carbons (Fsp3) is 1.00. The van der Waals surface area contributed by atoms with Crippen LogP contribution in [0, 0.1) is 17.3 Å². The fourth-order valence-corrected chi connectivity index (χ4v) is 2.18. The summed E-state index contributed by atoms with van der Waals surface area (Å²) in [5.74, 6) is 1.64. The maximum absolute atomic E-state index is 5.67. The second-order valence-corrected chi connectivity index (χ2v) is 5.21. The van der Waals surface area contributed by atoms with Crippen LogP contribution in [-0.4, -0.2) is 6.54 Å². The summed E-state index contributed by atoms with van der Waals surface area (Å²) in [6.07, 6.45) is 5.57. The van der Waals surface area contributed by atoms with Gasteiger partial charge in [0.05, 0.1) is 0 Å². The molecule has 0 bridgehead atoms. The molecule has 0 aromatic carbocycles. The van der Waals surface area contributed by atoms with E-state index in [9.17, 15) is 0 Å². The molecule has 0 aliphatic heterocycles. The van der Waals surface area contributed by atoms with Crippen LogP contribution >= 0.6 is 0 Å². The monoisotopic (exact) mass is 169 g/mol. The van der Waals surface area contributed by atoms with Crippen LogP contribution in [0.15, 0.2) is 0 Å². The molecular weight excluding hydrogens is 146 g/mol. The van der Waals surface area contributed by atoms with Crippen LogP contribution in [0.25, 0.3) is 0 Å². The molecule has 0 heterocycles. The minimum atomic E-state index is 0.602. The minimum absolute atomic E-state index is 0.602. The molecule has 2 N–H and O–H groups in total. The predicted octanol–water partition coefficient (Wildman–Crippen LogP) is 2.80. The van der Waals surface area contributed by atoms with Crippen molar-refractivity contribution in [2.75, 3.05) is 6.54 Å². The first-order valence-corrected chi connectivity index (χ1v) is 5.25. The minimum Gasteiger partial charge on any atom is -0.330 e. The normalized spacial score (nSPS) is 27.0. The van der Waals surface area contributed by atoms with Crippen LogP contribution in [0.2, 0.25) is 0 Å². The highest BCUT2D eigenvalue weighted by Gasteiger charge is 2.28. The van der Waals surface area contributed by atoms with Crippen molar-refractivity contribution in [3.8, 4) is 0 Å². The molecule has 0 saturated heterocycles. The van der Waals surface area contributed by atoms with Gasteiger partial charge in [-0.1, -0.05) is 20.8 Å². The summed E-state index contributed by atoms with van der Waals surface area (Å²) in [5, 5.41) is 0. The zero-order valence-corrected chi connectivity index (χ0v) is 8.77. The van der Waals surface area contributed by atoms with Gasteiger partial charge in [-0.05, 0) is 49.5 Å². The van der Waals surface area contributed by atoms with Crippen molar-refractivity contribution in [3.05, 3.63) is 0 Å². The Morgan fingerprint density at radius 2 is 1.83 bits per heavy atom. The Labute approximate surface area is 76.7 Å². The number of hydrogen-bond acceptors (Lipinski definition) is 1. The Kier molecular flexibility index (Phi) is 3.16. The molecule has 1 rings (SSSR count). The van der Waals surface area contributed by atoms with Gasteiger partial charge in [-0.2, -0.15) is 0 Å². The molecule has 1 saturated carbocycles. The molecule has 72 valence electrons. The topological polar surface area (TPSA) is 26.0 Å². The fourth-order valence-electron chi connectivity index (χ4n) is 2.18. The third kappa shape index (κ3) is 2.48. The first-order valence-electron chi connectivity index (χ1n) is 5.25. The van der Waals surface area contributed by atoms with Gasteiger partial charge >= 0.3 is 0 Å². The predicted molar refractivity (Wildman–Crippen MR) is 54.0 cm³/mol. The van der Waals surface area contributed by atoms with Crippen LogP contribution in [0.3, 0.4) is 0 Å². The average molecular weight is 169 g/mol. The van der Waals surface area contributed by atoms with Crippen LogP contribution in [0.4, 0.5) is 0 Å². The van der Waals surface area contributed by atoms with E-state index in [1.54, 1.807) is 0 Å². The maximum atomic E-state index is 5.67. The lowest BCUT2D eigenvalue weighted by atomic mass is 9.70. The number of rotatable bonds is 2. The van der Waals surface area contributed by atoms with E-state index < -0.39 is 0 Å². The summed E-state index contributed by atoms with van der Waals surface area (Å²) < 4.78 is 0. The molecular formula is C11H23N. The molecule has 1 aliphatic carbocycles. The van der Waals surface area contributed by atoms with Crippen LogP contribution in [0.1, 0.15) is 46.5 Å². The van der Waals surface area contributed by atoms with E-state index in [-0.39, 0.29) is 0 Å². The van der Waals surface area contributed by atoms with Crippen LogP contribution in [0.5, 0.6) is 0 Å². The summed E-state index contributed by atoms with van der Waals surface area (Å²) in [4.78, 5) is 0. The SMILES string of the molecule is C[C@H](CN)C1CCC(C)(C)CC1. The highest BCUT2D eigenvalue weighted by Crippen LogP contribution is 2.40. The highest BCUT2D eigenvalue weighted by molar-refractivity contribution is 4.80. The quantitative estimate of drug-likeness (QED) is 0.676. The first kappa shape index (κ1) is 10.0. The van der Waals surface area contributed by atoms with Crippen LogP contribution < -0.4 is 5.73 Å². The second-order valence-electron chi connectivity index (χ2n) is 5.21. The summed E-state index contributed by atoms with van der Waals surface area (Å²) in [6, 6.07) is 0. The largest absolute Gasteiger partial charge is 0.330 e. The second kappa shape index (κ2) is 3.78. The van der Waals surface area contributed by atoms with Gasteiger partial charge in [0.15, 0.2) is 0 Å². The average Bonchev–Trinajstić information content (AvgIpc) is 2.03. The molecule has 1 atom stereocenters. The van der Waals surface area contributed by atoms with Crippen LogP contribution in [-0.2, 0) is 0 Å². The molecule has 0 unspecified atom stereocenters. The standard InChI is InChI=1S/C11H23N/c1-9(8-12)10-4-6-11(2,3)7-5-10/h9-10H,4-8,12H2,1-3H3/t9-/m1/s1. The Balaban J connectivity index is 2.36. The van der Waals surface area contributed by atoms with Gasteiger partial charge < -0.3 is 5.73 Å². The third-order valence-corrected chi connectivity index (χ3v) is 3.56. The summed E-state index contributed by atoms with van der Waals surface area (Å²) in [5.41, 5.74) is 6.27. The van der Waals surface area contributed by atoms with Gasteiger partial charge in [-0.25, -0.2) is 0 Å². The van der Waals surface area contributed by atoms with Gasteiger partial charge in [-0.3, -0.25) is 0 Å². The van der Waals surface area contributed by atoms with Gasteiger partial charge in [0.1, 0.15) is 0 Å². The van der Waals surface area contributed by atoms with Crippen molar-refractivity contribution < 1.29 is 0 Å². The molecule has 0 radical (unpaired) electrons. The number of hydrogen-bond donors (Lipinski definition) is 1. The van der Waals surface area contributed by atoms with Crippen molar-refractivity contribution in [3.63, 3.8) is 0 Å². The number of nitrogens with two attached hydrogens (primary N) is 1. The van der Waals surface area contributed by atoms with Gasteiger partial charge in [0.2, 0.25) is 0 Å². The van der Waals surface area contributed by atoms with E-state index in [0.29, 0.717) is 5.41 Å². The Hall–Kier alpha value is -0.0400. The lowest BCUT2D eigenvalue weighted by Crippen LogP contribution is -2.28. The molecule has 0 amide bonds. The van der Waals surface area contributed by atoms with Gasteiger partial charge in [0, 0.05) is 0 Å². The van der Waals surface area contributed by atoms with E-state index in [0.717, 1.165) is 18.4 Å². The Bertz CT molecular complexity index is 130. The van der Waals surface area contributed by atoms with Crippen molar-refractivity contribution in [1.82, 2.24) is 0 Å².